The van der Waals surface area contributed by atoms with Gasteiger partial charge in [0.15, 0.2) is 6.54 Å². The number of quaternary nitrogens is 1. The first kappa shape index (κ1) is 18.0. The normalized spacial score (nSPS) is 11.5. The van der Waals surface area contributed by atoms with Crippen LogP contribution in [0, 0.1) is 0 Å². The number of ether oxygens (including phenoxy) is 1. The van der Waals surface area contributed by atoms with Crippen molar-refractivity contribution in [1.29, 1.82) is 0 Å². The van der Waals surface area contributed by atoms with Gasteiger partial charge in [-0.05, 0) is 18.6 Å². The van der Waals surface area contributed by atoms with E-state index in [4.69, 9.17) is 4.74 Å². The van der Waals surface area contributed by atoms with Gasteiger partial charge in [-0.1, -0.05) is 31.5 Å². The second-order valence-corrected chi connectivity index (χ2v) is 5.20. The minimum Gasteiger partial charge on any atom is -0.488 e. The molecule has 0 bridgehead atoms. The fourth-order valence-electron chi connectivity index (χ4n) is 1.82. The maximum Gasteiger partial charge on any atom is 0.321 e. The van der Waals surface area contributed by atoms with Gasteiger partial charge in [0.05, 0.1) is 7.05 Å². The Morgan fingerprint density at radius 3 is 2.64 bits per heavy atom. The summed E-state index contributed by atoms with van der Waals surface area (Å²) in [6.07, 6.45) is 1.91. The van der Waals surface area contributed by atoms with E-state index in [9.17, 15) is 9.59 Å². The van der Waals surface area contributed by atoms with E-state index in [0.717, 1.165) is 23.5 Å². The maximum absolute atomic E-state index is 11.7. The number of rotatable bonds is 9. The van der Waals surface area contributed by atoms with E-state index in [-0.39, 0.29) is 12.5 Å². The molecule has 122 valence electrons. The van der Waals surface area contributed by atoms with Crippen molar-refractivity contribution in [3.63, 3.8) is 0 Å². The van der Waals surface area contributed by atoms with Crippen LogP contribution in [0.2, 0.25) is 0 Å². The molecule has 0 aromatic heterocycles. The summed E-state index contributed by atoms with van der Waals surface area (Å²) >= 11 is 0. The Bertz CT molecular complexity index is 451. The lowest BCUT2D eigenvalue weighted by Gasteiger charge is -2.14. The minimum absolute atomic E-state index is 0.235. The number of urea groups is 1. The van der Waals surface area contributed by atoms with E-state index < -0.39 is 6.03 Å². The molecule has 1 atom stereocenters. The summed E-state index contributed by atoms with van der Waals surface area (Å²) in [6.45, 7) is 4.06. The first-order chi connectivity index (χ1) is 10.6. The summed E-state index contributed by atoms with van der Waals surface area (Å²) < 4.78 is 5.57. The standard InChI is InChI=1S/C16H25N3O3/c1-3-4-10-17-16(21)18-15(20)13-19(2)11-12-22-14-8-6-5-7-9-14/h5-9H,3-4,10-13H2,1-2H3,(H2,17,18,20,21)/p+1. The molecule has 0 saturated carbocycles. The van der Waals surface area contributed by atoms with Crippen molar-refractivity contribution in [3.8, 4) is 5.75 Å². The third-order valence-electron chi connectivity index (χ3n) is 3.07. The zero-order chi connectivity index (χ0) is 16.2. The lowest BCUT2D eigenvalue weighted by atomic mass is 10.3. The lowest BCUT2D eigenvalue weighted by Crippen LogP contribution is -3.10. The number of para-hydroxylation sites is 1. The molecule has 1 aromatic rings. The minimum atomic E-state index is -0.424. The molecule has 3 N–H and O–H groups in total. The number of carbonyl (C=O) groups is 2. The van der Waals surface area contributed by atoms with E-state index in [1.54, 1.807) is 0 Å². The molecule has 22 heavy (non-hydrogen) atoms. The molecule has 0 fully saturated rings. The van der Waals surface area contributed by atoms with Crippen LogP contribution in [-0.2, 0) is 4.79 Å². The molecule has 0 aliphatic carbocycles. The van der Waals surface area contributed by atoms with Crippen molar-refractivity contribution < 1.29 is 19.2 Å². The number of amides is 3. The van der Waals surface area contributed by atoms with Crippen molar-refractivity contribution in [2.45, 2.75) is 19.8 Å². The summed E-state index contributed by atoms with van der Waals surface area (Å²) in [5, 5.41) is 4.97. The van der Waals surface area contributed by atoms with E-state index in [0.29, 0.717) is 19.7 Å². The van der Waals surface area contributed by atoms with Gasteiger partial charge < -0.3 is 15.0 Å². The average molecular weight is 308 g/mol. The van der Waals surface area contributed by atoms with Crippen LogP contribution in [-0.4, -0.2) is 45.2 Å². The monoisotopic (exact) mass is 308 g/mol. The molecule has 0 heterocycles. The van der Waals surface area contributed by atoms with Gasteiger partial charge in [0.25, 0.3) is 5.91 Å². The Hall–Kier alpha value is -2.08. The molecule has 0 aliphatic heterocycles. The molecule has 0 saturated heterocycles. The van der Waals surface area contributed by atoms with Crippen LogP contribution in [0.5, 0.6) is 5.75 Å². The lowest BCUT2D eigenvalue weighted by molar-refractivity contribution is -0.871. The topological polar surface area (TPSA) is 71.9 Å². The molecular formula is C16H26N3O3+. The molecule has 1 rings (SSSR count). The van der Waals surface area contributed by atoms with Crippen LogP contribution in [0.15, 0.2) is 30.3 Å². The number of unbranched alkanes of at least 4 members (excludes halogenated alkanes) is 1. The number of nitrogens with one attached hydrogen (secondary N) is 3. The molecule has 1 unspecified atom stereocenters. The zero-order valence-electron chi connectivity index (χ0n) is 13.4. The smallest absolute Gasteiger partial charge is 0.321 e. The maximum atomic E-state index is 11.7. The van der Waals surface area contributed by atoms with Crippen molar-refractivity contribution in [3.05, 3.63) is 30.3 Å². The van der Waals surface area contributed by atoms with Crippen molar-refractivity contribution in [2.24, 2.45) is 0 Å². The first-order valence-electron chi connectivity index (χ1n) is 7.68. The van der Waals surface area contributed by atoms with Gasteiger partial charge in [0, 0.05) is 6.54 Å². The van der Waals surface area contributed by atoms with Gasteiger partial charge in [0.2, 0.25) is 0 Å². The Labute approximate surface area is 131 Å². The third-order valence-corrected chi connectivity index (χ3v) is 3.07. The molecule has 6 nitrogen and oxygen atoms in total. The SMILES string of the molecule is CCCCNC(=O)NC(=O)C[NH+](C)CCOc1ccccc1. The highest BCUT2D eigenvalue weighted by atomic mass is 16.5. The van der Waals surface area contributed by atoms with Gasteiger partial charge in [-0.3, -0.25) is 10.1 Å². The highest BCUT2D eigenvalue weighted by Crippen LogP contribution is 2.06. The van der Waals surface area contributed by atoms with Gasteiger partial charge in [-0.25, -0.2) is 4.79 Å². The number of hydrogen-bond acceptors (Lipinski definition) is 3. The molecule has 0 spiro atoms. The van der Waals surface area contributed by atoms with Gasteiger partial charge in [-0.15, -0.1) is 0 Å². The molecule has 6 heteroatoms. The largest absolute Gasteiger partial charge is 0.488 e. The fourth-order valence-corrected chi connectivity index (χ4v) is 1.82. The molecule has 0 radical (unpaired) electrons. The van der Waals surface area contributed by atoms with Crippen LogP contribution >= 0.6 is 0 Å². The van der Waals surface area contributed by atoms with Crippen LogP contribution in [0.3, 0.4) is 0 Å². The van der Waals surface area contributed by atoms with Crippen molar-refractivity contribution in [2.75, 3.05) is 33.3 Å². The van der Waals surface area contributed by atoms with Crippen LogP contribution < -0.4 is 20.3 Å². The summed E-state index contributed by atoms with van der Waals surface area (Å²) in [5.41, 5.74) is 0. The quantitative estimate of drug-likeness (QED) is 0.571. The number of hydrogen-bond donors (Lipinski definition) is 3. The molecule has 3 amide bonds. The zero-order valence-corrected chi connectivity index (χ0v) is 13.4. The molecule has 0 aliphatic rings. The Morgan fingerprint density at radius 1 is 1.23 bits per heavy atom. The predicted octanol–water partition coefficient (Wildman–Crippen LogP) is 0.206. The van der Waals surface area contributed by atoms with Crippen LogP contribution in [0.1, 0.15) is 19.8 Å². The Kier molecular flexibility index (Phi) is 8.67. The summed E-state index contributed by atoms with van der Waals surface area (Å²) in [4.78, 5) is 24.1. The Balaban J connectivity index is 2.14. The number of imide groups is 1. The van der Waals surface area contributed by atoms with Gasteiger partial charge >= 0.3 is 6.03 Å². The second-order valence-electron chi connectivity index (χ2n) is 5.20. The van der Waals surface area contributed by atoms with Crippen molar-refractivity contribution >= 4 is 11.9 Å². The second kappa shape index (κ2) is 10.6. The average Bonchev–Trinajstić information content (AvgIpc) is 2.48. The predicted molar refractivity (Wildman–Crippen MR) is 85.0 cm³/mol. The fraction of sp³-hybridized carbons (Fsp3) is 0.500. The number of carbonyl (C=O) groups excluding carboxylic acids is 2. The molecule has 1 aromatic carbocycles. The first-order valence-corrected chi connectivity index (χ1v) is 7.68. The molecular weight excluding hydrogens is 282 g/mol. The Morgan fingerprint density at radius 2 is 1.95 bits per heavy atom. The number of benzene rings is 1. The summed E-state index contributed by atoms with van der Waals surface area (Å²) in [7, 11) is 1.89. The van der Waals surface area contributed by atoms with E-state index in [1.165, 1.54) is 0 Å². The van der Waals surface area contributed by atoms with Gasteiger partial charge in [-0.2, -0.15) is 0 Å². The van der Waals surface area contributed by atoms with Gasteiger partial charge in [0.1, 0.15) is 18.9 Å². The summed E-state index contributed by atoms with van der Waals surface area (Å²) in [5.74, 6) is 0.529. The van der Waals surface area contributed by atoms with E-state index in [2.05, 4.69) is 10.6 Å². The van der Waals surface area contributed by atoms with E-state index in [1.807, 2.05) is 44.3 Å². The third kappa shape index (κ3) is 8.26. The highest BCUT2D eigenvalue weighted by molar-refractivity contribution is 5.94. The van der Waals surface area contributed by atoms with Crippen molar-refractivity contribution in [1.82, 2.24) is 10.6 Å². The van der Waals surface area contributed by atoms with Crippen LogP contribution in [0.4, 0.5) is 4.79 Å². The highest BCUT2D eigenvalue weighted by Gasteiger charge is 2.12. The van der Waals surface area contributed by atoms with E-state index >= 15 is 0 Å². The van der Waals surface area contributed by atoms with Crippen LogP contribution in [0.25, 0.3) is 0 Å². The number of likely N-dealkylation sites (N-methyl/N-ethyl adjacent to an activating group) is 1. The summed E-state index contributed by atoms with van der Waals surface area (Å²) in [6, 6.07) is 9.12.